The topological polar surface area (TPSA) is 102 Å². The molecule has 2 heterocycles. The molecule has 33 heavy (non-hydrogen) atoms. The molecule has 7 heteroatoms. The second kappa shape index (κ2) is 8.47. The van der Waals surface area contributed by atoms with E-state index in [-0.39, 0.29) is 6.61 Å². The first kappa shape index (κ1) is 20.8. The molecular formula is C26H24N4O3. The number of rotatable bonds is 4. The number of hydrogen-bond donors (Lipinski definition) is 2. The number of aromatic amines is 1. The summed E-state index contributed by atoms with van der Waals surface area (Å²) in [6.07, 6.45) is 3.67. The SMILES string of the molecule is N#Cc1ccc(-c2ccc3c(c2)C2(CCCCC2)C(=NOCc2ccccc2)N3C(=O)O)[nH]1. The van der Waals surface area contributed by atoms with Gasteiger partial charge in [0, 0.05) is 5.69 Å². The van der Waals surface area contributed by atoms with Gasteiger partial charge < -0.3 is 14.9 Å². The molecule has 1 amide bonds. The van der Waals surface area contributed by atoms with E-state index < -0.39 is 11.5 Å². The third kappa shape index (κ3) is 3.64. The molecular weight excluding hydrogens is 416 g/mol. The second-order valence-electron chi connectivity index (χ2n) is 8.56. The van der Waals surface area contributed by atoms with Crippen molar-refractivity contribution < 1.29 is 14.7 Å². The minimum Gasteiger partial charge on any atom is -0.464 e. The van der Waals surface area contributed by atoms with Gasteiger partial charge >= 0.3 is 6.09 Å². The van der Waals surface area contributed by atoms with Gasteiger partial charge in [-0.05, 0) is 53.8 Å². The van der Waals surface area contributed by atoms with Crippen LogP contribution in [0, 0.1) is 11.3 Å². The Morgan fingerprint density at radius 3 is 2.61 bits per heavy atom. The molecule has 2 aromatic carbocycles. The number of H-pyrrole nitrogens is 1. The van der Waals surface area contributed by atoms with E-state index in [9.17, 15) is 9.90 Å². The van der Waals surface area contributed by atoms with Crippen molar-refractivity contribution in [1.82, 2.24) is 4.98 Å². The van der Waals surface area contributed by atoms with Crippen LogP contribution >= 0.6 is 0 Å². The third-order valence-electron chi connectivity index (χ3n) is 6.63. The Kier molecular flexibility index (Phi) is 5.35. The summed E-state index contributed by atoms with van der Waals surface area (Å²) < 4.78 is 0. The minimum absolute atomic E-state index is 0.273. The summed E-state index contributed by atoms with van der Waals surface area (Å²) in [6, 6.07) is 21.2. The van der Waals surface area contributed by atoms with Crippen molar-refractivity contribution in [3.05, 3.63) is 77.5 Å². The molecule has 1 spiro atoms. The molecule has 1 saturated carbocycles. The van der Waals surface area contributed by atoms with Crippen LogP contribution in [0.15, 0.2) is 65.8 Å². The Bertz CT molecular complexity index is 1250. The fourth-order valence-electron chi connectivity index (χ4n) is 5.07. The highest BCUT2D eigenvalue weighted by Gasteiger charge is 2.52. The number of anilines is 1. The molecule has 2 aliphatic rings. The third-order valence-corrected chi connectivity index (χ3v) is 6.63. The Labute approximate surface area is 191 Å². The first-order valence-electron chi connectivity index (χ1n) is 11.1. The van der Waals surface area contributed by atoms with Gasteiger partial charge in [0.15, 0.2) is 5.84 Å². The smallest absolute Gasteiger partial charge is 0.417 e. The molecule has 0 bridgehead atoms. The van der Waals surface area contributed by atoms with Crippen molar-refractivity contribution in [2.75, 3.05) is 4.90 Å². The Balaban J connectivity index is 1.58. The zero-order valence-corrected chi connectivity index (χ0v) is 18.1. The van der Waals surface area contributed by atoms with Crippen LogP contribution in [0.5, 0.6) is 0 Å². The van der Waals surface area contributed by atoms with Crippen LogP contribution in [0.3, 0.4) is 0 Å². The molecule has 5 rings (SSSR count). The lowest BCUT2D eigenvalue weighted by Crippen LogP contribution is -2.44. The number of amides is 1. The van der Waals surface area contributed by atoms with Crippen molar-refractivity contribution in [3.8, 4) is 17.3 Å². The van der Waals surface area contributed by atoms with E-state index in [1.807, 2.05) is 54.6 Å². The maximum absolute atomic E-state index is 12.4. The van der Waals surface area contributed by atoms with Crippen molar-refractivity contribution >= 4 is 17.6 Å². The van der Waals surface area contributed by atoms with Crippen LogP contribution < -0.4 is 4.90 Å². The van der Waals surface area contributed by atoms with Crippen molar-refractivity contribution in [2.24, 2.45) is 5.16 Å². The van der Waals surface area contributed by atoms with Gasteiger partial charge in [-0.2, -0.15) is 5.26 Å². The Morgan fingerprint density at radius 1 is 1.12 bits per heavy atom. The highest BCUT2D eigenvalue weighted by molar-refractivity contribution is 6.23. The van der Waals surface area contributed by atoms with Crippen LogP contribution in [0.1, 0.15) is 48.9 Å². The molecule has 7 nitrogen and oxygen atoms in total. The summed E-state index contributed by atoms with van der Waals surface area (Å²) in [5, 5.41) is 23.7. The molecule has 1 aromatic heterocycles. The van der Waals surface area contributed by atoms with Crippen molar-refractivity contribution in [2.45, 2.75) is 44.1 Å². The standard InChI is InChI=1S/C26H24N4O3/c27-16-20-10-11-22(28-20)19-9-12-23-21(15-19)26(13-5-2-6-14-26)24(30(23)25(31)32)29-33-17-18-7-3-1-4-8-18/h1,3-4,7-12,15,28H,2,5-6,13-14,17H2,(H,31,32). The number of carboxylic acid groups (broad SMARTS) is 1. The van der Waals surface area contributed by atoms with E-state index in [0.717, 1.165) is 54.5 Å². The molecule has 1 aliphatic heterocycles. The maximum Gasteiger partial charge on any atom is 0.417 e. The summed E-state index contributed by atoms with van der Waals surface area (Å²) in [4.78, 5) is 22.5. The van der Waals surface area contributed by atoms with Crippen LogP contribution in [0.2, 0.25) is 0 Å². The largest absolute Gasteiger partial charge is 0.464 e. The maximum atomic E-state index is 12.4. The second-order valence-corrected chi connectivity index (χ2v) is 8.56. The van der Waals surface area contributed by atoms with Gasteiger partial charge in [0.05, 0.1) is 11.1 Å². The lowest BCUT2D eigenvalue weighted by molar-refractivity contribution is 0.126. The minimum atomic E-state index is -1.07. The van der Waals surface area contributed by atoms with E-state index in [2.05, 4.69) is 16.2 Å². The highest BCUT2D eigenvalue weighted by Crippen LogP contribution is 2.51. The molecule has 1 aliphatic carbocycles. The predicted molar refractivity (Wildman–Crippen MR) is 125 cm³/mol. The molecule has 0 saturated heterocycles. The summed E-state index contributed by atoms with van der Waals surface area (Å²) >= 11 is 0. The van der Waals surface area contributed by atoms with Gasteiger partial charge in [-0.3, -0.25) is 0 Å². The van der Waals surface area contributed by atoms with Gasteiger partial charge in [-0.15, -0.1) is 0 Å². The Morgan fingerprint density at radius 2 is 1.91 bits per heavy atom. The number of nitrogens with one attached hydrogen (secondary N) is 1. The van der Waals surface area contributed by atoms with Crippen LogP contribution in [0.25, 0.3) is 11.3 Å². The van der Waals surface area contributed by atoms with Crippen LogP contribution in [-0.4, -0.2) is 22.0 Å². The number of nitrogens with zero attached hydrogens (tertiary/aromatic N) is 3. The van der Waals surface area contributed by atoms with Gasteiger partial charge in [0.1, 0.15) is 18.4 Å². The number of nitriles is 1. The molecule has 0 atom stereocenters. The molecule has 0 radical (unpaired) electrons. The zero-order valence-electron chi connectivity index (χ0n) is 18.1. The quantitative estimate of drug-likeness (QED) is 0.502. The van der Waals surface area contributed by atoms with Crippen LogP contribution in [0.4, 0.5) is 10.5 Å². The molecule has 1 fully saturated rings. The first-order valence-corrected chi connectivity index (χ1v) is 11.1. The fraction of sp³-hybridized carbons (Fsp3) is 0.269. The number of oxime groups is 1. The predicted octanol–water partition coefficient (Wildman–Crippen LogP) is 5.78. The zero-order chi connectivity index (χ0) is 22.8. The van der Waals surface area contributed by atoms with Gasteiger partial charge in [-0.25, -0.2) is 9.69 Å². The number of amidine groups is 1. The van der Waals surface area contributed by atoms with E-state index in [1.165, 1.54) is 4.90 Å². The number of carbonyl (C=O) groups is 1. The average molecular weight is 441 g/mol. The average Bonchev–Trinajstić information content (AvgIpc) is 3.42. The van der Waals surface area contributed by atoms with Gasteiger partial charge in [0.25, 0.3) is 0 Å². The van der Waals surface area contributed by atoms with Gasteiger partial charge in [-0.1, -0.05) is 60.8 Å². The molecule has 3 aromatic rings. The fourth-order valence-corrected chi connectivity index (χ4v) is 5.07. The highest BCUT2D eigenvalue weighted by atomic mass is 16.6. The summed E-state index contributed by atoms with van der Waals surface area (Å²) in [5.74, 6) is 0.446. The number of hydrogen-bond acceptors (Lipinski definition) is 4. The van der Waals surface area contributed by atoms with E-state index in [1.54, 1.807) is 6.07 Å². The van der Waals surface area contributed by atoms with Crippen molar-refractivity contribution in [3.63, 3.8) is 0 Å². The Hall–Kier alpha value is -4.05. The molecule has 2 N–H and O–H groups in total. The van der Waals surface area contributed by atoms with Crippen molar-refractivity contribution in [1.29, 1.82) is 5.26 Å². The van der Waals surface area contributed by atoms with Gasteiger partial charge in [0.2, 0.25) is 0 Å². The lowest BCUT2D eigenvalue weighted by atomic mass is 9.69. The number of fused-ring (bicyclic) bond motifs is 2. The summed E-state index contributed by atoms with van der Waals surface area (Å²) in [6.45, 7) is 0.273. The molecule has 166 valence electrons. The molecule has 0 unspecified atom stereocenters. The normalized spacial score (nSPS) is 17.7. The monoisotopic (exact) mass is 440 g/mol. The van der Waals surface area contributed by atoms with E-state index in [4.69, 9.17) is 10.1 Å². The number of benzene rings is 2. The first-order chi connectivity index (χ1) is 16.1. The summed E-state index contributed by atoms with van der Waals surface area (Å²) in [7, 11) is 0. The summed E-state index contributed by atoms with van der Waals surface area (Å²) in [5.41, 5.74) is 4.27. The number of aromatic nitrogens is 1. The van der Waals surface area contributed by atoms with Crippen LogP contribution in [-0.2, 0) is 16.9 Å². The van der Waals surface area contributed by atoms with E-state index >= 15 is 0 Å². The lowest BCUT2D eigenvalue weighted by Gasteiger charge is -2.34. The van der Waals surface area contributed by atoms with E-state index in [0.29, 0.717) is 17.2 Å².